The second-order valence-corrected chi connectivity index (χ2v) is 3.75. The predicted molar refractivity (Wildman–Crippen MR) is 61.6 cm³/mol. The van der Waals surface area contributed by atoms with Crippen LogP contribution in [0, 0.1) is 5.82 Å². The molecule has 3 nitrogen and oxygen atoms in total. The van der Waals surface area contributed by atoms with Crippen LogP contribution in [-0.2, 0) is 0 Å². The van der Waals surface area contributed by atoms with Gasteiger partial charge in [-0.25, -0.2) is 4.39 Å². The van der Waals surface area contributed by atoms with Crippen molar-refractivity contribution < 1.29 is 13.9 Å². The highest BCUT2D eigenvalue weighted by Crippen LogP contribution is 2.22. The minimum absolute atomic E-state index is 0.00333. The molecule has 0 spiro atoms. The molecule has 0 aliphatic rings. The average molecular weight is 230 g/mol. The molecule has 0 amide bonds. The van der Waals surface area contributed by atoms with E-state index in [0.29, 0.717) is 10.8 Å². The van der Waals surface area contributed by atoms with Gasteiger partial charge >= 0.3 is 0 Å². The van der Waals surface area contributed by atoms with Crippen molar-refractivity contribution in [1.29, 1.82) is 0 Å². The zero-order valence-electron chi connectivity index (χ0n) is 8.61. The molecule has 0 aliphatic heterocycles. The van der Waals surface area contributed by atoms with Gasteiger partial charge in [0.15, 0.2) is 0 Å². The van der Waals surface area contributed by atoms with E-state index in [1.165, 1.54) is 30.3 Å². The number of hydrogen-bond acceptors (Lipinski definition) is 3. The van der Waals surface area contributed by atoms with Gasteiger partial charge in [0.1, 0.15) is 22.7 Å². The molecule has 84 valence electrons. The normalized spacial score (nSPS) is 11.1. The maximum absolute atomic E-state index is 13.0. The maximum atomic E-state index is 13.0. The van der Waals surface area contributed by atoms with Crippen molar-refractivity contribution in [3.8, 4) is 5.75 Å². The molecule has 3 rings (SSSR count). The number of phenols is 1. The first-order chi connectivity index (χ1) is 8.15. The smallest absolute Gasteiger partial charge is 0.200 e. The molecule has 0 fully saturated rings. The van der Waals surface area contributed by atoms with E-state index in [0.717, 1.165) is 6.07 Å². The minimum Gasteiger partial charge on any atom is -0.508 e. The van der Waals surface area contributed by atoms with Crippen LogP contribution < -0.4 is 5.43 Å². The molecule has 0 radical (unpaired) electrons. The number of halogens is 1. The van der Waals surface area contributed by atoms with Crippen LogP contribution in [0.2, 0.25) is 0 Å². The maximum Gasteiger partial charge on any atom is 0.200 e. The molecule has 4 heteroatoms. The Morgan fingerprint density at radius 3 is 2.41 bits per heavy atom. The van der Waals surface area contributed by atoms with Gasteiger partial charge in [0, 0.05) is 12.1 Å². The van der Waals surface area contributed by atoms with Crippen LogP contribution in [0.4, 0.5) is 4.39 Å². The lowest BCUT2D eigenvalue weighted by Gasteiger charge is -2.01. The van der Waals surface area contributed by atoms with E-state index < -0.39 is 5.82 Å². The van der Waals surface area contributed by atoms with Gasteiger partial charge in [-0.05, 0) is 24.3 Å². The molecule has 1 heterocycles. The zero-order chi connectivity index (χ0) is 12.0. The van der Waals surface area contributed by atoms with E-state index in [4.69, 9.17) is 4.42 Å². The Bertz CT molecular complexity index is 727. The fourth-order valence-electron chi connectivity index (χ4n) is 1.81. The summed E-state index contributed by atoms with van der Waals surface area (Å²) in [6.07, 6.45) is 0. The van der Waals surface area contributed by atoms with Crippen LogP contribution in [0.1, 0.15) is 0 Å². The van der Waals surface area contributed by atoms with Crippen LogP contribution in [0.3, 0.4) is 0 Å². The van der Waals surface area contributed by atoms with Crippen molar-refractivity contribution >= 4 is 21.9 Å². The fraction of sp³-hybridized carbons (Fsp3) is 0. The number of fused-ring (bicyclic) bond motifs is 2. The summed E-state index contributed by atoms with van der Waals surface area (Å²) in [5.41, 5.74) is 0.183. The van der Waals surface area contributed by atoms with Crippen molar-refractivity contribution in [3.63, 3.8) is 0 Å². The van der Waals surface area contributed by atoms with Crippen LogP contribution in [-0.4, -0.2) is 5.11 Å². The fourth-order valence-corrected chi connectivity index (χ4v) is 1.81. The van der Waals surface area contributed by atoms with Gasteiger partial charge in [-0.1, -0.05) is 0 Å². The van der Waals surface area contributed by atoms with Crippen LogP contribution >= 0.6 is 0 Å². The largest absolute Gasteiger partial charge is 0.508 e. The molecule has 0 saturated carbocycles. The van der Waals surface area contributed by atoms with Gasteiger partial charge in [-0.3, -0.25) is 4.79 Å². The number of benzene rings is 2. The van der Waals surface area contributed by atoms with E-state index in [1.807, 2.05) is 0 Å². The first kappa shape index (κ1) is 9.84. The molecular formula is C13H7FO3. The van der Waals surface area contributed by atoms with Gasteiger partial charge < -0.3 is 9.52 Å². The molecule has 0 bridgehead atoms. The molecule has 1 aromatic heterocycles. The first-order valence-electron chi connectivity index (χ1n) is 5.00. The monoisotopic (exact) mass is 230 g/mol. The Kier molecular flexibility index (Phi) is 1.92. The number of phenolic OH excluding ortho intramolecular Hbond substituents is 1. The Labute approximate surface area is 94.7 Å². The number of hydrogen-bond donors (Lipinski definition) is 1. The van der Waals surface area contributed by atoms with Crippen molar-refractivity contribution in [2.75, 3.05) is 0 Å². The summed E-state index contributed by atoms with van der Waals surface area (Å²) >= 11 is 0. The quantitative estimate of drug-likeness (QED) is 0.604. The summed E-state index contributed by atoms with van der Waals surface area (Å²) in [7, 11) is 0. The van der Waals surface area contributed by atoms with Crippen LogP contribution in [0.5, 0.6) is 5.75 Å². The van der Waals surface area contributed by atoms with Gasteiger partial charge in [0.2, 0.25) is 5.43 Å². The highest BCUT2D eigenvalue weighted by Gasteiger charge is 2.08. The van der Waals surface area contributed by atoms with Crippen LogP contribution in [0.25, 0.3) is 21.9 Å². The molecular weight excluding hydrogens is 223 g/mol. The van der Waals surface area contributed by atoms with Crippen molar-refractivity contribution in [1.82, 2.24) is 0 Å². The molecule has 0 unspecified atom stereocenters. The third-order valence-electron chi connectivity index (χ3n) is 2.62. The average Bonchev–Trinajstić information content (AvgIpc) is 2.28. The Morgan fingerprint density at radius 1 is 1.00 bits per heavy atom. The van der Waals surface area contributed by atoms with E-state index in [2.05, 4.69) is 0 Å². The van der Waals surface area contributed by atoms with Gasteiger partial charge in [-0.2, -0.15) is 0 Å². The third kappa shape index (κ3) is 1.45. The molecule has 0 aliphatic carbocycles. The highest BCUT2D eigenvalue weighted by atomic mass is 19.1. The summed E-state index contributed by atoms with van der Waals surface area (Å²) in [5.74, 6) is -0.475. The Balaban J connectivity index is 2.57. The molecule has 17 heavy (non-hydrogen) atoms. The number of rotatable bonds is 0. The SMILES string of the molecule is O=c1c2ccc(O)cc2oc2cc(F)ccc12. The summed E-state index contributed by atoms with van der Waals surface area (Å²) in [4.78, 5) is 12.0. The zero-order valence-corrected chi connectivity index (χ0v) is 8.61. The van der Waals surface area contributed by atoms with Crippen molar-refractivity contribution in [2.45, 2.75) is 0 Å². The summed E-state index contributed by atoms with van der Waals surface area (Å²) in [5, 5.41) is 10.00. The Hall–Kier alpha value is -2.36. The van der Waals surface area contributed by atoms with Crippen molar-refractivity contribution in [2.24, 2.45) is 0 Å². The Morgan fingerprint density at radius 2 is 1.65 bits per heavy atom. The molecule has 0 atom stereocenters. The molecule has 1 N–H and O–H groups in total. The highest BCUT2D eigenvalue weighted by molar-refractivity contribution is 5.90. The van der Waals surface area contributed by atoms with Crippen molar-refractivity contribution in [3.05, 3.63) is 52.4 Å². The van der Waals surface area contributed by atoms with Gasteiger partial charge in [0.25, 0.3) is 0 Å². The standard InChI is InChI=1S/C13H7FO3/c14-7-1-3-9-11(5-7)17-12-6-8(15)2-4-10(12)13(9)16/h1-6,15H. The second-order valence-electron chi connectivity index (χ2n) is 3.75. The lowest BCUT2D eigenvalue weighted by atomic mass is 10.1. The third-order valence-corrected chi connectivity index (χ3v) is 2.62. The lowest BCUT2D eigenvalue weighted by molar-refractivity contribution is 0.474. The van der Waals surface area contributed by atoms with E-state index >= 15 is 0 Å². The molecule has 2 aromatic carbocycles. The van der Waals surface area contributed by atoms with E-state index in [-0.39, 0.29) is 22.3 Å². The molecule has 0 saturated heterocycles. The summed E-state index contributed by atoms with van der Waals surface area (Å²) < 4.78 is 18.4. The minimum atomic E-state index is -0.472. The molecule has 3 aromatic rings. The first-order valence-corrected chi connectivity index (χ1v) is 5.00. The number of aromatic hydroxyl groups is 1. The van der Waals surface area contributed by atoms with E-state index in [1.54, 1.807) is 0 Å². The van der Waals surface area contributed by atoms with Gasteiger partial charge in [0.05, 0.1) is 10.8 Å². The topological polar surface area (TPSA) is 50.4 Å². The predicted octanol–water partition coefficient (Wildman–Crippen LogP) is 2.79. The second kappa shape index (κ2) is 3.31. The summed E-state index contributed by atoms with van der Waals surface area (Å²) in [6.45, 7) is 0. The van der Waals surface area contributed by atoms with Crippen LogP contribution in [0.15, 0.2) is 45.6 Å². The van der Waals surface area contributed by atoms with E-state index in [9.17, 15) is 14.3 Å². The van der Waals surface area contributed by atoms with Gasteiger partial charge in [-0.15, -0.1) is 0 Å². The lowest BCUT2D eigenvalue weighted by Crippen LogP contribution is -2.01. The summed E-state index contributed by atoms with van der Waals surface area (Å²) in [6, 6.07) is 7.99.